The highest BCUT2D eigenvalue weighted by atomic mass is 35.5. The number of amides is 2. The average molecular weight is 742 g/mol. The molecule has 0 saturated heterocycles. The van der Waals surface area contributed by atoms with E-state index < -0.39 is 11.9 Å². The molecule has 47 heavy (non-hydrogen) atoms. The zero-order valence-electron chi connectivity index (χ0n) is 24.1. The number of hydrogen-bond acceptors (Lipinski definition) is 8. The number of anilines is 2. The molecule has 6 aromatic rings. The molecule has 0 atom stereocenters. The van der Waals surface area contributed by atoms with Crippen molar-refractivity contribution in [3.63, 3.8) is 0 Å². The molecule has 4 heterocycles. The van der Waals surface area contributed by atoms with Gasteiger partial charge in [-0.05, 0) is 53.1 Å². The summed E-state index contributed by atoms with van der Waals surface area (Å²) in [7, 11) is 0. The fourth-order valence-corrected chi connectivity index (χ4v) is 7.77. The summed E-state index contributed by atoms with van der Waals surface area (Å²) in [4.78, 5) is 47.7. The molecular formula is C33H22Cl2N2O6S4. The predicted octanol–water partition coefficient (Wildman–Crippen LogP) is 10.5. The minimum Gasteiger partial charge on any atom is -0.478 e. The van der Waals surface area contributed by atoms with Gasteiger partial charge in [-0.15, -0.1) is 22.7 Å². The van der Waals surface area contributed by atoms with E-state index in [9.17, 15) is 29.4 Å². The monoisotopic (exact) mass is 740 g/mol. The molecule has 0 saturated carbocycles. The van der Waals surface area contributed by atoms with Gasteiger partial charge in [0.2, 0.25) is 0 Å². The smallest absolute Gasteiger partial charge is 0.339 e. The summed E-state index contributed by atoms with van der Waals surface area (Å²) >= 11 is 17.1. The van der Waals surface area contributed by atoms with E-state index in [-0.39, 0.29) is 27.9 Å². The van der Waals surface area contributed by atoms with Crippen molar-refractivity contribution in [1.29, 1.82) is 0 Å². The molecule has 0 spiro atoms. The van der Waals surface area contributed by atoms with Crippen LogP contribution in [-0.4, -0.2) is 34.0 Å². The molecule has 2 amide bonds. The molecule has 0 fully saturated rings. The minimum absolute atomic E-state index is 0.0296. The lowest BCUT2D eigenvalue weighted by Gasteiger charge is -2.06. The van der Waals surface area contributed by atoms with E-state index in [0.717, 1.165) is 22.5 Å². The largest absolute Gasteiger partial charge is 0.478 e. The van der Waals surface area contributed by atoms with E-state index in [2.05, 4.69) is 10.6 Å². The first-order valence-electron chi connectivity index (χ1n) is 13.4. The number of aryl methyl sites for hydroxylation is 1. The number of carboxylic acids is 2. The summed E-state index contributed by atoms with van der Waals surface area (Å²) in [6.45, 7) is 1.97. The first-order valence-corrected chi connectivity index (χ1v) is 17.8. The fraction of sp³-hybridized carbons (Fsp3) is 0.0303. The highest BCUT2D eigenvalue weighted by molar-refractivity contribution is 7.15. The fourth-order valence-electron chi connectivity index (χ4n) is 4.28. The lowest BCUT2D eigenvalue weighted by atomic mass is 10.0. The number of nitrogens with one attached hydrogen (secondary N) is 2. The highest BCUT2D eigenvalue weighted by Crippen LogP contribution is 2.38. The molecule has 14 heteroatoms. The zero-order valence-corrected chi connectivity index (χ0v) is 28.9. The first kappa shape index (κ1) is 34.0. The van der Waals surface area contributed by atoms with Crippen LogP contribution in [0.3, 0.4) is 0 Å². The second kappa shape index (κ2) is 15.1. The van der Waals surface area contributed by atoms with E-state index in [1.165, 1.54) is 34.0 Å². The topological polar surface area (TPSA) is 133 Å². The molecule has 0 aliphatic carbocycles. The standard InChI is InChI=1S/C17H13NO3S2.C16H9Cl2NO3S2/c1-10-2-4-11(5-3-10)13-9-23-16(14(13)17(20)21)18-15(19)12-6-7-22-8-12;17-11-2-1-8(5-12(11)18)10-7-24-15(13(10)16(21)22)19-14(20)9-3-4-23-6-9/h2-9H,1H3,(H,18,19)(H,20,21);1-7H,(H,19,20)(H,21,22). The molecule has 6 rings (SSSR count). The number of aromatic carboxylic acids is 2. The number of benzene rings is 2. The second-order valence-electron chi connectivity index (χ2n) is 9.74. The Morgan fingerprint density at radius 3 is 1.51 bits per heavy atom. The van der Waals surface area contributed by atoms with Crippen LogP contribution in [0.2, 0.25) is 10.0 Å². The van der Waals surface area contributed by atoms with Gasteiger partial charge in [0.1, 0.15) is 21.1 Å². The number of hydrogen-bond donors (Lipinski definition) is 4. The Hall–Kier alpha value is -4.30. The Bertz CT molecular complexity index is 2070. The van der Waals surface area contributed by atoms with Gasteiger partial charge in [-0.2, -0.15) is 22.7 Å². The first-order chi connectivity index (χ1) is 22.5. The van der Waals surface area contributed by atoms with Crippen LogP contribution in [0.15, 0.2) is 86.9 Å². The van der Waals surface area contributed by atoms with Gasteiger partial charge in [0.15, 0.2) is 0 Å². The van der Waals surface area contributed by atoms with Crippen molar-refractivity contribution in [3.05, 3.63) is 125 Å². The van der Waals surface area contributed by atoms with Crippen LogP contribution < -0.4 is 10.6 Å². The minimum atomic E-state index is -1.13. The summed E-state index contributed by atoms with van der Waals surface area (Å²) in [6.07, 6.45) is 0. The van der Waals surface area contributed by atoms with E-state index in [1.807, 2.05) is 31.2 Å². The molecule has 0 aliphatic heterocycles. The molecule has 0 unspecified atom stereocenters. The zero-order chi connectivity index (χ0) is 33.7. The molecule has 0 aliphatic rings. The lowest BCUT2D eigenvalue weighted by Crippen LogP contribution is -2.12. The Kier molecular flexibility index (Phi) is 10.9. The molecule has 4 aromatic heterocycles. The van der Waals surface area contributed by atoms with Crippen molar-refractivity contribution in [2.45, 2.75) is 6.92 Å². The molecule has 0 bridgehead atoms. The summed E-state index contributed by atoms with van der Waals surface area (Å²) in [6, 6.07) is 15.9. The van der Waals surface area contributed by atoms with Gasteiger partial charge in [0.05, 0.1) is 21.2 Å². The molecule has 238 valence electrons. The quantitative estimate of drug-likeness (QED) is 0.123. The average Bonchev–Trinajstić information content (AvgIpc) is 3.86. The molecule has 8 nitrogen and oxygen atoms in total. The number of carboxylic acid groups (broad SMARTS) is 2. The van der Waals surface area contributed by atoms with Crippen molar-refractivity contribution in [3.8, 4) is 22.3 Å². The van der Waals surface area contributed by atoms with Crippen LogP contribution in [-0.2, 0) is 0 Å². The summed E-state index contributed by atoms with van der Waals surface area (Å²) in [5, 5.41) is 36.3. The maximum absolute atomic E-state index is 12.2. The van der Waals surface area contributed by atoms with Gasteiger partial charge in [0.25, 0.3) is 11.8 Å². The van der Waals surface area contributed by atoms with E-state index in [0.29, 0.717) is 42.9 Å². The van der Waals surface area contributed by atoms with Crippen LogP contribution in [0.4, 0.5) is 10.0 Å². The van der Waals surface area contributed by atoms with E-state index in [4.69, 9.17) is 23.2 Å². The van der Waals surface area contributed by atoms with Gasteiger partial charge in [0, 0.05) is 32.6 Å². The van der Waals surface area contributed by atoms with Crippen molar-refractivity contribution < 1.29 is 29.4 Å². The molecule has 2 aromatic carbocycles. The van der Waals surface area contributed by atoms with Crippen molar-refractivity contribution in [2.24, 2.45) is 0 Å². The summed E-state index contributed by atoms with van der Waals surface area (Å²) < 4.78 is 0. The SMILES string of the molecule is Cc1ccc(-c2csc(NC(=O)c3ccsc3)c2C(=O)O)cc1.O=C(Nc1scc(-c2ccc(Cl)c(Cl)c2)c1C(=O)O)c1ccsc1. The number of rotatable bonds is 8. The number of thiophene rings is 4. The Morgan fingerprint density at radius 2 is 1.09 bits per heavy atom. The van der Waals surface area contributed by atoms with Crippen molar-refractivity contribution in [2.75, 3.05) is 10.6 Å². The summed E-state index contributed by atoms with van der Waals surface area (Å²) in [5.41, 5.74) is 4.80. The number of halogens is 2. The third kappa shape index (κ3) is 7.99. The second-order valence-corrected chi connectivity index (χ2v) is 13.9. The van der Waals surface area contributed by atoms with E-state index in [1.54, 1.807) is 62.6 Å². The third-order valence-electron chi connectivity index (χ3n) is 6.62. The lowest BCUT2D eigenvalue weighted by molar-refractivity contribution is 0.0688. The Labute approximate surface area is 294 Å². The highest BCUT2D eigenvalue weighted by Gasteiger charge is 2.23. The van der Waals surface area contributed by atoms with Crippen LogP contribution in [0.1, 0.15) is 47.0 Å². The molecule has 4 N–H and O–H groups in total. The molecule has 0 radical (unpaired) electrons. The maximum atomic E-state index is 12.2. The number of carbonyl (C=O) groups excluding carboxylic acids is 2. The van der Waals surface area contributed by atoms with Gasteiger partial charge in [-0.25, -0.2) is 9.59 Å². The van der Waals surface area contributed by atoms with Crippen LogP contribution in [0.5, 0.6) is 0 Å². The van der Waals surface area contributed by atoms with Crippen LogP contribution in [0, 0.1) is 6.92 Å². The third-order valence-corrected chi connectivity index (χ3v) is 10.5. The van der Waals surface area contributed by atoms with Gasteiger partial charge in [-0.1, -0.05) is 59.1 Å². The van der Waals surface area contributed by atoms with Crippen LogP contribution >= 0.6 is 68.5 Å². The Balaban J connectivity index is 0.000000185. The maximum Gasteiger partial charge on any atom is 0.339 e. The van der Waals surface area contributed by atoms with Gasteiger partial charge in [-0.3, -0.25) is 9.59 Å². The van der Waals surface area contributed by atoms with Crippen LogP contribution in [0.25, 0.3) is 22.3 Å². The van der Waals surface area contributed by atoms with E-state index >= 15 is 0 Å². The molecular weight excluding hydrogens is 720 g/mol. The Morgan fingerprint density at radius 1 is 0.617 bits per heavy atom. The van der Waals surface area contributed by atoms with Crippen molar-refractivity contribution >= 4 is 102 Å². The van der Waals surface area contributed by atoms with Crippen molar-refractivity contribution in [1.82, 2.24) is 0 Å². The van der Waals surface area contributed by atoms with Gasteiger partial charge < -0.3 is 20.8 Å². The number of carbonyl (C=O) groups is 4. The summed E-state index contributed by atoms with van der Waals surface area (Å²) in [5.74, 6) is -2.83. The normalized spacial score (nSPS) is 10.5. The van der Waals surface area contributed by atoms with Gasteiger partial charge >= 0.3 is 11.9 Å². The predicted molar refractivity (Wildman–Crippen MR) is 193 cm³/mol.